The maximum Gasteiger partial charge on any atom is 0.227 e. The molecule has 1 aliphatic heterocycles. The summed E-state index contributed by atoms with van der Waals surface area (Å²) < 4.78 is 1.79. The second kappa shape index (κ2) is 5.60. The summed E-state index contributed by atoms with van der Waals surface area (Å²) in [5.74, 6) is 0.172. The van der Waals surface area contributed by atoms with Crippen molar-refractivity contribution in [3.05, 3.63) is 47.8 Å². The first kappa shape index (κ1) is 13.7. The van der Waals surface area contributed by atoms with Gasteiger partial charge in [-0.1, -0.05) is 12.1 Å². The van der Waals surface area contributed by atoms with E-state index in [2.05, 4.69) is 5.10 Å². The fraction of sp³-hybridized carbons (Fsp3) is 0.375. The lowest BCUT2D eigenvalue weighted by Gasteiger charge is -2.24. The van der Waals surface area contributed by atoms with Crippen LogP contribution in [0.15, 0.2) is 36.7 Å². The Balaban J connectivity index is 1.72. The summed E-state index contributed by atoms with van der Waals surface area (Å²) in [6, 6.07) is 7.68. The van der Waals surface area contributed by atoms with Crippen molar-refractivity contribution in [3.63, 3.8) is 0 Å². The van der Waals surface area contributed by atoms with Crippen LogP contribution in [0.25, 0.3) is 0 Å². The molecule has 0 aliphatic carbocycles. The summed E-state index contributed by atoms with van der Waals surface area (Å²) in [5, 5.41) is 4.21. The lowest BCUT2D eigenvalue weighted by Crippen LogP contribution is -2.31. The molecule has 1 saturated heterocycles. The molecule has 21 heavy (non-hydrogen) atoms. The number of carbonyl (C=O) groups excluding carboxylic acids is 1. The van der Waals surface area contributed by atoms with E-state index in [1.165, 1.54) is 0 Å². The number of nitrogens with two attached hydrogens (primary N) is 1. The number of hydrogen-bond donors (Lipinski definition) is 1. The van der Waals surface area contributed by atoms with Crippen LogP contribution >= 0.6 is 0 Å². The summed E-state index contributed by atoms with van der Waals surface area (Å²) in [6.07, 6.45) is 6.35. The van der Waals surface area contributed by atoms with Crippen LogP contribution in [0.3, 0.4) is 0 Å². The van der Waals surface area contributed by atoms with Gasteiger partial charge in [0.1, 0.15) is 0 Å². The molecule has 5 heteroatoms. The van der Waals surface area contributed by atoms with E-state index in [4.69, 9.17) is 5.73 Å². The van der Waals surface area contributed by atoms with Crippen molar-refractivity contribution in [2.45, 2.75) is 25.3 Å². The Labute approximate surface area is 124 Å². The van der Waals surface area contributed by atoms with E-state index in [9.17, 15) is 4.79 Å². The Bertz CT molecular complexity index is 632. The fourth-order valence-corrected chi connectivity index (χ4v) is 2.94. The van der Waals surface area contributed by atoms with E-state index < -0.39 is 0 Å². The molecule has 2 N–H and O–H groups in total. The molecule has 0 radical (unpaired) electrons. The van der Waals surface area contributed by atoms with Gasteiger partial charge in [0.15, 0.2) is 0 Å². The summed E-state index contributed by atoms with van der Waals surface area (Å²) in [6.45, 7) is 0.827. The lowest BCUT2D eigenvalue weighted by molar-refractivity contribution is -0.131. The van der Waals surface area contributed by atoms with Gasteiger partial charge in [0, 0.05) is 31.0 Å². The van der Waals surface area contributed by atoms with E-state index in [0.717, 1.165) is 36.2 Å². The van der Waals surface area contributed by atoms with Gasteiger partial charge in [-0.2, -0.15) is 5.10 Å². The number of likely N-dealkylation sites (tertiary alicyclic amines) is 1. The van der Waals surface area contributed by atoms with Crippen LogP contribution < -0.4 is 5.73 Å². The quantitative estimate of drug-likeness (QED) is 0.876. The van der Waals surface area contributed by atoms with E-state index in [-0.39, 0.29) is 11.9 Å². The molecular weight excluding hydrogens is 264 g/mol. The third-order valence-corrected chi connectivity index (χ3v) is 4.02. The minimum absolute atomic E-state index is 0.167. The number of aromatic nitrogens is 2. The minimum Gasteiger partial charge on any atom is -0.399 e. The molecule has 1 aromatic heterocycles. The van der Waals surface area contributed by atoms with Gasteiger partial charge in [0.05, 0.1) is 18.7 Å². The van der Waals surface area contributed by atoms with E-state index in [1.54, 1.807) is 4.68 Å². The summed E-state index contributed by atoms with van der Waals surface area (Å²) in [4.78, 5) is 14.5. The topological polar surface area (TPSA) is 64.2 Å². The van der Waals surface area contributed by atoms with Crippen LogP contribution in [0.4, 0.5) is 5.69 Å². The number of aryl methyl sites for hydroxylation is 1. The molecule has 2 aromatic rings. The SMILES string of the molecule is Cn1cc(C2CCCN2C(=O)Cc2ccc(N)cc2)cn1. The Hall–Kier alpha value is -2.30. The van der Waals surface area contributed by atoms with Crippen molar-refractivity contribution >= 4 is 11.6 Å². The van der Waals surface area contributed by atoms with Crippen molar-refractivity contribution in [3.8, 4) is 0 Å². The molecule has 110 valence electrons. The Morgan fingerprint density at radius 1 is 1.38 bits per heavy atom. The highest BCUT2D eigenvalue weighted by atomic mass is 16.2. The zero-order chi connectivity index (χ0) is 14.8. The first-order chi connectivity index (χ1) is 10.1. The summed E-state index contributed by atoms with van der Waals surface area (Å²) >= 11 is 0. The smallest absolute Gasteiger partial charge is 0.227 e. The fourth-order valence-electron chi connectivity index (χ4n) is 2.94. The number of rotatable bonds is 3. The number of amides is 1. The first-order valence-corrected chi connectivity index (χ1v) is 7.26. The van der Waals surface area contributed by atoms with E-state index >= 15 is 0 Å². The van der Waals surface area contributed by atoms with Crippen molar-refractivity contribution in [1.82, 2.24) is 14.7 Å². The van der Waals surface area contributed by atoms with Gasteiger partial charge in [0.25, 0.3) is 0 Å². The molecule has 5 nitrogen and oxygen atoms in total. The zero-order valence-corrected chi connectivity index (χ0v) is 12.2. The Morgan fingerprint density at radius 3 is 2.81 bits per heavy atom. The number of hydrogen-bond acceptors (Lipinski definition) is 3. The molecule has 0 spiro atoms. The lowest BCUT2D eigenvalue weighted by atomic mass is 10.1. The third-order valence-electron chi connectivity index (χ3n) is 4.02. The molecule has 1 atom stereocenters. The largest absolute Gasteiger partial charge is 0.399 e. The molecule has 1 amide bonds. The predicted octanol–water partition coefficient (Wildman–Crippen LogP) is 1.91. The average Bonchev–Trinajstić information content (AvgIpc) is 3.09. The van der Waals surface area contributed by atoms with Crippen LogP contribution in [0.5, 0.6) is 0 Å². The highest BCUT2D eigenvalue weighted by Gasteiger charge is 2.30. The van der Waals surface area contributed by atoms with Crippen LogP contribution in [0, 0.1) is 0 Å². The maximum atomic E-state index is 12.6. The van der Waals surface area contributed by atoms with Gasteiger partial charge < -0.3 is 10.6 Å². The van der Waals surface area contributed by atoms with Crippen molar-refractivity contribution in [1.29, 1.82) is 0 Å². The van der Waals surface area contributed by atoms with Crippen LogP contribution in [-0.4, -0.2) is 27.1 Å². The van der Waals surface area contributed by atoms with Crippen LogP contribution in [-0.2, 0) is 18.3 Å². The average molecular weight is 284 g/mol. The summed E-state index contributed by atoms with van der Waals surface area (Å²) in [7, 11) is 1.90. The Kier molecular flexibility index (Phi) is 3.64. The molecule has 1 fully saturated rings. The normalized spacial score (nSPS) is 18.1. The van der Waals surface area contributed by atoms with Gasteiger partial charge in [-0.15, -0.1) is 0 Å². The Morgan fingerprint density at radius 2 is 2.14 bits per heavy atom. The van der Waals surface area contributed by atoms with Crippen molar-refractivity contribution < 1.29 is 4.79 Å². The van der Waals surface area contributed by atoms with Crippen molar-refractivity contribution in [2.75, 3.05) is 12.3 Å². The number of anilines is 1. The molecular formula is C16H20N4O. The monoisotopic (exact) mass is 284 g/mol. The molecule has 0 saturated carbocycles. The minimum atomic E-state index is 0.167. The highest BCUT2D eigenvalue weighted by molar-refractivity contribution is 5.79. The summed E-state index contributed by atoms with van der Waals surface area (Å²) in [5.41, 5.74) is 8.53. The zero-order valence-electron chi connectivity index (χ0n) is 12.2. The van der Waals surface area contributed by atoms with Gasteiger partial charge >= 0.3 is 0 Å². The standard InChI is InChI=1S/C16H20N4O/c1-19-11-13(10-18-19)15-3-2-8-20(15)16(21)9-12-4-6-14(17)7-5-12/h4-7,10-11,15H,2-3,8-9,17H2,1H3. The number of nitrogens with zero attached hydrogens (tertiary/aromatic N) is 3. The second-order valence-corrected chi connectivity index (χ2v) is 5.61. The van der Waals surface area contributed by atoms with E-state index in [1.807, 2.05) is 48.6 Å². The molecule has 2 heterocycles. The van der Waals surface area contributed by atoms with E-state index in [0.29, 0.717) is 6.42 Å². The number of carbonyl (C=O) groups is 1. The van der Waals surface area contributed by atoms with Crippen molar-refractivity contribution in [2.24, 2.45) is 7.05 Å². The molecule has 1 aliphatic rings. The molecule has 0 bridgehead atoms. The maximum absolute atomic E-state index is 12.6. The van der Waals surface area contributed by atoms with Crippen LogP contribution in [0.1, 0.15) is 30.0 Å². The first-order valence-electron chi connectivity index (χ1n) is 7.26. The number of benzene rings is 1. The molecule has 3 rings (SSSR count). The molecule has 1 aromatic carbocycles. The number of nitrogen functional groups attached to an aromatic ring is 1. The third kappa shape index (κ3) is 2.91. The van der Waals surface area contributed by atoms with Gasteiger partial charge in [-0.05, 0) is 30.5 Å². The van der Waals surface area contributed by atoms with Crippen LogP contribution in [0.2, 0.25) is 0 Å². The predicted molar refractivity (Wildman–Crippen MR) is 81.5 cm³/mol. The van der Waals surface area contributed by atoms with Gasteiger partial charge in [0.2, 0.25) is 5.91 Å². The molecule has 1 unspecified atom stereocenters. The van der Waals surface area contributed by atoms with Gasteiger partial charge in [-0.25, -0.2) is 0 Å². The highest BCUT2D eigenvalue weighted by Crippen LogP contribution is 2.32. The van der Waals surface area contributed by atoms with Gasteiger partial charge in [-0.3, -0.25) is 9.48 Å². The second-order valence-electron chi connectivity index (χ2n) is 5.61.